The summed E-state index contributed by atoms with van der Waals surface area (Å²) < 4.78 is 5.96. The summed E-state index contributed by atoms with van der Waals surface area (Å²) >= 11 is 0. The predicted molar refractivity (Wildman–Crippen MR) is 114 cm³/mol. The van der Waals surface area contributed by atoms with Crippen molar-refractivity contribution in [1.29, 1.82) is 0 Å². The normalized spacial score (nSPS) is 11.4. The van der Waals surface area contributed by atoms with Crippen LogP contribution in [0.2, 0.25) is 0 Å². The first-order valence-electron chi connectivity index (χ1n) is 10.0. The Morgan fingerprint density at radius 2 is 1.97 bits per heavy atom. The van der Waals surface area contributed by atoms with Crippen LogP contribution in [0.1, 0.15) is 68.9 Å². The van der Waals surface area contributed by atoms with Gasteiger partial charge in [0.15, 0.2) is 0 Å². The van der Waals surface area contributed by atoms with Crippen molar-refractivity contribution in [3.8, 4) is 5.75 Å². The minimum absolute atomic E-state index is 0.00223. The number of nitrogen functional groups attached to an aromatic ring is 1. The quantitative estimate of drug-likeness (QED) is 0.517. The van der Waals surface area contributed by atoms with Crippen molar-refractivity contribution in [3.05, 3.63) is 29.5 Å². The molecule has 1 aromatic carbocycles. The van der Waals surface area contributed by atoms with Gasteiger partial charge < -0.3 is 20.9 Å². The number of pyridine rings is 1. The molecule has 4 N–H and O–H groups in total. The van der Waals surface area contributed by atoms with Crippen molar-refractivity contribution < 1.29 is 19.4 Å². The Bertz CT molecular complexity index is 893. The van der Waals surface area contributed by atoms with Crippen LogP contribution in [0, 0.1) is 6.92 Å². The van der Waals surface area contributed by atoms with E-state index in [1.165, 1.54) is 0 Å². The molecule has 0 radical (unpaired) electrons. The highest BCUT2D eigenvalue weighted by Gasteiger charge is 2.23. The molecule has 1 amide bonds. The maximum Gasteiger partial charge on any atom is 0.339 e. The number of nitrogens with one attached hydrogen (secondary N) is 1. The lowest BCUT2D eigenvalue weighted by Crippen LogP contribution is -2.47. The number of fused-ring (bicyclic) bond motifs is 1. The first-order valence-corrected chi connectivity index (χ1v) is 10.0. The molecule has 7 heteroatoms. The number of carbonyl (C=O) groups excluding carboxylic acids is 1. The number of hydrogen-bond donors (Lipinski definition) is 3. The monoisotopic (exact) mass is 401 g/mol. The van der Waals surface area contributed by atoms with E-state index < -0.39 is 11.5 Å². The molecule has 0 saturated heterocycles. The van der Waals surface area contributed by atoms with Crippen LogP contribution < -0.4 is 15.8 Å². The number of benzene rings is 1. The molecule has 0 spiro atoms. The van der Waals surface area contributed by atoms with Crippen LogP contribution in [0.3, 0.4) is 0 Å². The second kappa shape index (κ2) is 9.58. The van der Waals surface area contributed by atoms with E-state index in [1.54, 1.807) is 25.1 Å². The fourth-order valence-corrected chi connectivity index (χ4v) is 3.28. The van der Waals surface area contributed by atoms with Crippen LogP contribution in [0.5, 0.6) is 5.75 Å². The average Bonchev–Trinajstić information content (AvgIpc) is 2.62. The van der Waals surface area contributed by atoms with Crippen molar-refractivity contribution in [1.82, 2.24) is 10.3 Å². The molecule has 0 aliphatic carbocycles. The zero-order valence-electron chi connectivity index (χ0n) is 17.7. The minimum atomic E-state index is -1.13. The molecule has 0 fully saturated rings. The van der Waals surface area contributed by atoms with Gasteiger partial charge in [0.1, 0.15) is 17.9 Å². The minimum Gasteiger partial charge on any atom is -0.490 e. The number of rotatable bonds is 10. The van der Waals surface area contributed by atoms with E-state index >= 15 is 0 Å². The molecular weight excluding hydrogens is 370 g/mol. The highest BCUT2D eigenvalue weighted by Crippen LogP contribution is 2.33. The third-order valence-electron chi connectivity index (χ3n) is 4.73. The molecule has 158 valence electrons. The molecule has 2 aromatic rings. The van der Waals surface area contributed by atoms with Crippen molar-refractivity contribution in [2.24, 2.45) is 0 Å². The van der Waals surface area contributed by atoms with E-state index in [0.717, 1.165) is 25.7 Å². The lowest BCUT2D eigenvalue weighted by atomic mass is 10.0. The number of anilines is 1. The fourth-order valence-electron chi connectivity index (χ4n) is 3.28. The van der Waals surface area contributed by atoms with E-state index in [-0.39, 0.29) is 23.8 Å². The van der Waals surface area contributed by atoms with Crippen molar-refractivity contribution in [2.45, 2.75) is 65.3 Å². The van der Waals surface area contributed by atoms with E-state index in [2.05, 4.69) is 17.2 Å². The number of hydrogen-bond acceptors (Lipinski definition) is 5. The number of aromatic carboxylic acids is 1. The zero-order valence-corrected chi connectivity index (χ0v) is 17.7. The van der Waals surface area contributed by atoms with Crippen LogP contribution in [0.25, 0.3) is 10.9 Å². The van der Waals surface area contributed by atoms with Gasteiger partial charge in [0.2, 0.25) is 5.91 Å². The van der Waals surface area contributed by atoms with Crippen LogP contribution in [-0.4, -0.2) is 34.1 Å². The number of nitrogens with two attached hydrogens (primary N) is 1. The van der Waals surface area contributed by atoms with Gasteiger partial charge in [0.25, 0.3) is 0 Å². The van der Waals surface area contributed by atoms with Gasteiger partial charge in [-0.2, -0.15) is 0 Å². The van der Waals surface area contributed by atoms with Crippen molar-refractivity contribution in [2.75, 3.05) is 12.3 Å². The maximum absolute atomic E-state index is 12.2. The molecule has 0 unspecified atom stereocenters. The molecule has 0 atom stereocenters. The number of carboxylic acid groups (broad SMARTS) is 1. The molecule has 7 nitrogen and oxygen atoms in total. The number of unbranched alkanes of at least 4 members (excludes halogenated alkanes) is 3. The number of aryl methyl sites for hydroxylation is 1. The van der Waals surface area contributed by atoms with Crippen molar-refractivity contribution in [3.63, 3.8) is 0 Å². The van der Waals surface area contributed by atoms with Crippen molar-refractivity contribution >= 4 is 28.5 Å². The zero-order chi connectivity index (χ0) is 21.6. The van der Waals surface area contributed by atoms with Gasteiger partial charge in [-0.05, 0) is 39.3 Å². The van der Waals surface area contributed by atoms with Crippen LogP contribution in [-0.2, 0) is 4.79 Å². The Morgan fingerprint density at radius 1 is 1.24 bits per heavy atom. The highest BCUT2D eigenvalue weighted by molar-refractivity contribution is 6.06. The summed E-state index contributed by atoms with van der Waals surface area (Å²) in [5, 5.41) is 12.9. The molecule has 1 heterocycles. The molecule has 0 saturated carbocycles. The van der Waals surface area contributed by atoms with E-state index in [0.29, 0.717) is 28.8 Å². The summed E-state index contributed by atoms with van der Waals surface area (Å²) in [5.74, 6) is -0.683. The second-order valence-electron chi connectivity index (χ2n) is 7.97. The van der Waals surface area contributed by atoms with Crippen LogP contribution in [0.15, 0.2) is 18.2 Å². The van der Waals surface area contributed by atoms with Gasteiger partial charge in [-0.15, -0.1) is 0 Å². The van der Waals surface area contributed by atoms with Gasteiger partial charge in [-0.3, -0.25) is 9.78 Å². The lowest BCUT2D eigenvalue weighted by molar-refractivity contribution is -0.123. The SMILES string of the molecule is CCCCCCC(=O)NC(C)(C)COc1cccc2nc(C)c(C(=O)O)c(N)c12. The van der Waals surface area contributed by atoms with Gasteiger partial charge in [-0.25, -0.2) is 4.79 Å². The number of aromatic nitrogens is 1. The van der Waals surface area contributed by atoms with Crippen LogP contribution >= 0.6 is 0 Å². The standard InChI is InChI=1S/C22H31N3O4/c1-5-6-7-8-12-17(26)25-22(3,4)13-29-16-11-9-10-15-19(16)20(23)18(21(27)28)14(2)24-15/h9-11H,5-8,12-13H2,1-4H3,(H2,23,24)(H,25,26)(H,27,28). The number of carbonyl (C=O) groups is 2. The van der Waals surface area contributed by atoms with Crippen LogP contribution in [0.4, 0.5) is 5.69 Å². The lowest BCUT2D eigenvalue weighted by Gasteiger charge is -2.27. The Hall–Kier alpha value is -2.83. The van der Waals surface area contributed by atoms with Gasteiger partial charge in [0, 0.05) is 6.42 Å². The molecule has 0 aliphatic heterocycles. The maximum atomic E-state index is 12.2. The molecule has 2 rings (SSSR count). The largest absolute Gasteiger partial charge is 0.490 e. The van der Waals surface area contributed by atoms with Gasteiger partial charge >= 0.3 is 5.97 Å². The number of amides is 1. The molecule has 0 aliphatic rings. The Kier molecular flexibility index (Phi) is 7.42. The predicted octanol–water partition coefficient (Wildman–Crippen LogP) is 4.07. The van der Waals surface area contributed by atoms with E-state index in [9.17, 15) is 14.7 Å². The summed E-state index contributed by atoms with van der Waals surface area (Å²) in [6.45, 7) is 7.73. The second-order valence-corrected chi connectivity index (χ2v) is 7.97. The van der Waals surface area contributed by atoms with E-state index in [4.69, 9.17) is 10.5 Å². The molecule has 1 aromatic heterocycles. The van der Waals surface area contributed by atoms with Gasteiger partial charge in [-0.1, -0.05) is 32.3 Å². The highest BCUT2D eigenvalue weighted by atomic mass is 16.5. The molecule has 0 bridgehead atoms. The number of nitrogens with zero attached hydrogens (tertiary/aromatic N) is 1. The third kappa shape index (κ3) is 5.82. The smallest absolute Gasteiger partial charge is 0.339 e. The van der Waals surface area contributed by atoms with E-state index in [1.807, 2.05) is 13.8 Å². The Morgan fingerprint density at radius 3 is 2.62 bits per heavy atom. The third-order valence-corrected chi connectivity index (χ3v) is 4.73. The fraction of sp³-hybridized carbons (Fsp3) is 0.500. The van der Waals surface area contributed by atoms with Gasteiger partial charge in [0.05, 0.1) is 27.8 Å². The Labute approximate surface area is 171 Å². The molecular formula is C22H31N3O4. The first-order chi connectivity index (χ1) is 13.7. The summed E-state index contributed by atoms with van der Waals surface area (Å²) in [5.41, 5.74) is 6.60. The summed E-state index contributed by atoms with van der Waals surface area (Å²) in [6, 6.07) is 5.27. The summed E-state index contributed by atoms with van der Waals surface area (Å²) in [7, 11) is 0. The first kappa shape index (κ1) is 22.5. The average molecular weight is 402 g/mol. The number of ether oxygens (including phenoxy) is 1. The topological polar surface area (TPSA) is 115 Å². The Balaban J connectivity index is 2.14. The number of carboxylic acids is 1. The summed E-state index contributed by atoms with van der Waals surface area (Å²) in [4.78, 5) is 28.1. The molecule has 29 heavy (non-hydrogen) atoms. The summed E-state index contributed by atoms with van der Waals surface area (Å²) in [6.07, 6.45) is 4.69.